The van der Waals surface area contributed by atoms with Crippen LogP contribution in [0.25, 0.3) is 0 Å². The highest BCUT2D eigenvalue weighted by Crippen LogP contribution is 2.32. The summed E-state index contributed by atoms with van der Waals surface area (Å²) in [5.41, 5.74) is 1.95. The highest BCUT2D eigenvalue weighted by atomic mass is 32.2. The molecule has 0 atom stereocenters. The molecule has 3 rings (SSSR count). The number of esters is 2. The zero-order chi connectivity index (χ0) is 21.0. The van der Waals surface area contributed by atoms with Gasteiger partial charge in [-0.3, -0.25) is 4.31 Å². The number of carbonyl (C=O) groups is 2. The van der Waals surface area contributed by atoms with Gasteiger partial charge in [0.15, 0.2) is 0 Å². The van der Waals surface area contributed by atoms with Crippen LogP contribution in [-0.4, -0.2) is 41.1 Å². The summed E-state index contributed by atoms with van der Waals surface area (Å²) >= 11 is 0. The van der Waals surface area contributed by atoms with Crippen molar-refractivity contribution < 1.29 is 27.5 Å². The molecule has 0 aliphatic carbocycles. The van der Waals surface area contributed by atoms with Gasteiger partial charge in [-0.15, -0.1) is 0 Å². The first kappa shape index (κ1) is 20.4. The maximum Gasteiger partial charge on any atom is 0.354 e. The number of carbonyl (C=O) groups excluding carboxylic acids is 2. The van der Waals surface area contributed by atoms with Gasteiger partial charge in [0.25, 0.3) is 10.0 Å². The van der Waals surface area contributed by atoms with Gasteiger partial charge in [0.1, 0.15) is 5.70 Å². The van der Waals surface area contributed by atoms with E-state index in [0.717, 1.165) is 11.6 Å². The normalized spacial score (nSPS) is 13.6. The van der Waals surface area contributed by atoms with Crippen molar-refractivity contribution in [2.24, 2.45) is 0 Å². The Hall–Kier alpha value is -3.33. The van der Waals surface area contributed by atoms with Crippen LogP contribution in [0.2, 0.25) is 0 Å². The monoisotopic (exact) mass is 416 g/mol. The molecule has 0 amide bonds. The van der Waals surface area contributed by atoms with Crippen molar-refractivity contribution in [2.75, 3.05) is 30.4 Å². The lowest BCUT2D eigenvalue weighted by Crippen LogP contribution is -2.29. The smallest absolute Gasteiger partial charge is 0.354 e. The predicted molar refractivity (Wildman–Crippen MR) is 107 cm³/mol. The van der Waals surface area contributed by atoms with Crippen LogP contribution in [0, 0.1) is 0 Å². The highest BCUT2D eigenvalue weighted by molar-refractivity contribution is 7.92. The molecule has 152 valence electrons. The van der Waals surface area contributed by atoms with Crippen LogP contribution in [0.3, 0.4) is 0 Å². The fourth-order valence-corrected chi connectivity index (χ4v) is 4.49. The fraction of sp³-hybridized carbons (Fsp3) is 0.200. The summed E-state index contributed by atoms with van der Waals surface area (Å²) in [5.74, 6) is -1.49. The van der Waals surface area contributed by atoms with E-state index >= 15 is 0 Å². The Morgan fingerprint density at radius 1 is 1.03 bits per heavy atom. The molecule has 0 saturated heterocycles. The first-order valence-corrected chi connectivity index (χ1v) is 10.2. The molecule has 0 radical (unpaired) electrons. The van der Waals surface area contributed by atoms with Crippen molar-refractivity contribution in [1.29, 1.82) is 0 Å². The number of benzene rings is 2. The third-order valence-electron chi connectivity index (χ3n) is 4.43. The molecule has 1 heterocycles. The molecule has 29 heavy (non-hydrogen) atoms. The molecule has 0 unspecified atom stereocenters. The minimum absolute atomic E-state index is 0.122. The van der Waals surface area contributed by atoms with Crippen LogP contribution in [0.1, 0.15) is 5.56 Å². The summed E-state index contributed by atoms with van der Waals surface area (Å²) in [4.78, 5) is 23.4. The first-order chi connectivity index (χ1) is 13.9. The number of fused-ring (bicyclic) bond motifs is 1. The first-order valence-electron chi connectivity index (χ1n) is 8.72. The quantitative estimate of drug-likeness (QED) is 0.568. The lowest BCUT2D eigenvalue weighted by Gasteiger charge is -2.19. The predicted octanol–water partition coefficient (Wildman–Crippen LogP) is 2.08. The van der Waals surface area contributed by atoms with E-state index < -0.39 is 22.0 Å². The van der Waals surface area contributed by atoms with E-state index in [-0.39, 0.29) is 10.6 Å². The minimum atomic E-state index is -3.72. The Morgan fingerprint density at radius 2 is 1.72 bits per heavy atom. The zero-order valence-corrected chi connectivity index (χ0v) is 16.7. The lowest BCUT2D eigenvalue weighted by molar-refractivity contribution is -0.138. The van der Waals surface area contributed by atoms with Crippen LogP contribution < -0.4 is 9.62 Å². The van der Waals surface area contributed by atoms with Crippen molar-refractivity contribution >= 4 is 33.3 Å². The number of sulfonamides is 1. The average Bonchev–Trinajstić information content (AvgIpc) is 3.18. The number of hydrogen-bond acceptors (Lipinski definition) is 7. The van der Waals surface area contributed by atoms with E-state index in [2.05, 4.69) is 14.8 Å². The summed E-state index contributed by atoms with van der Waals surface area (Å²) in [5, 5.41) is 2.74. The molecule has 9 heteroatoms. The van der Waals surface area contributed by atoms with Gasteiger partial charge >= 0.3 is 11.9 Å². The van der Waals surface area contributed by atoms with Gasteiger partial charge in [-0.1, -0.05) is 18.2 Å². The molecule has 0 saturated carbocycles. The maximum atomic E-state index is 13.0. The lowest BCUT2D eigenvalue weighted by atomic mass is 10.2. The van der Waals surface area contributed by atoms with Gasteiger partial charge in [-0.25, -0.2) is 18.0 Å². The Labute approximate surface area is 168 Å². The van der Waals surface area contributed by atoms with Crippen LogP contribution in [0.15, 0.2) is 65.2 Å². The van der Waals surface area contributed by atoms with Gasteiger partial charge in [-0.05, 0) is 42.3 Å². The maximum absolute atomic E-state index is 13.0. The van der Waals surface area contributed by atoms with Crippen LogP contribution in [0.4, 0.5) is 11.4 Å². The second-order valence-electron chi connectivity index (χ2n) is 6.18. The van der Waals surface area contributed by atoms with E-state index in [1.165, 1.54) is 42.8 Å². The summed E-state index contributed by atoms with van der Waals surface area (Å²) < 4.78 is 36.6. The number of para-hydroxylation sites is 1. The summed E-state index contributed by atoms with van der Waals surface area (Å²) in [6, 6.07) is 13.3. The Kier molecular flexibility index (Phi) is 5.88. The number of methoxy groups -OCH3 is 2. The van der Waals surface area contributed by atoms with E-state index in [1.807, 2.05) is 18.2 Å². The van der Waals surface area contributed by atoms with E-state index in [4.69, 9.17) is 0 Å². The molecule has 0 bridgehead atoms. The van der Waals surface area contributed by atoms with Gasteiger partial charge in [0.2, 0.25) is 0 Å². The Morgan fingerprint density at radius 3 is 2.38 bits per heavy atom. The van der Waals surface area contributed by atoms with Crippen LogP contribution in [0.5, 0.6) is 0 Å². The second-order valence-corrected chi connectivity index (χ2v) is 8.04. The summed E-state index contributed by atoms with van der Waals surface area (Å²) in [7, 11) is -1.35. The molecule has 1 aliphatic heterocycles. The molecule has 2 aromatic rings. The zero-order valence-electron chi connectivity index (χ0n) is 15.9. The number of nitrogens with one attached hydrogen (secondary N) is 1. The molecular weight excluding hydrogens is 396 g/mol. The van der Waals surface area contributed by atoms with E-state index in [1.54, 1.807) is 6.07 Å². The molecular formula is C20H20N2O6S. The largest absolute Gasteiger partial charge is 0.466 e. The SMILES string of the molecule is COC(=O)/C=C(/Nc1ccc(S(=O)(=O)N2CCc3ccccc32)cc1)C(=O)OC. The van der Waals surface area contributed by atoms with Gasteiger partial charge < -0.3 is 14.8 Å². The summed E-state index contributed by atoms with van der Waals surface area (Å²) in [6.07, 6.45) is 1.62. The molecule has 1 N–H and O–H groups in total. The van der Waals surface area contributed by atoms with Crippen molar-refractivity contribution in [2.45, 2.75) is 11.3 Å². The molecule has 0 aromatic heterocycles. The van der Waals surface area contributed by atoms with Gasteiger partial charge in [0, 0.05) is 12.2 Å². The van der Waals surface area contributed by atoms with E-state index in [9.17, 15) is 18.0 Å². The average molecular weight is 416 g/mol. The van der Waals surface area contributed by atoms with Crippen LogP contribution >= 0.6 is 0 Å². The number of anilines is 2. The topological polar surface area (TPSA) is 102 Å². The number of ether oxygens (including phenoxy) is 2. The number of hydrogen-bond donors (Lipinski definition) is 1. The van der Waals surface area contributed by atoms with Gasteiger partial charge in [-0.2, -0.15) is 0 Å². The van der Waals surface area contributed by atoms with Crippen molar-refractivity contribution in [3.63, 3.8) is 0 Å². The third-order valence-corrected chi connectivity index (χ3v) is 6.26. The summed E-state index contributed by atoms with van der Waals surface area (Å²) in [6.45, 7) is 0.385. The van der Waals surface area contributed by atoms with Crippen molar-refractivity contribution in [3.8, 4) is 0 Å². The molecule has 8 nitrogen and oxygen atoms in total. The van der Waals surface area contributed by atoms with Crippen LogP contribution in [-0.2, 0) is 35.5 Å². The Balaban J connectivity index is 1.84. The molecule has 0 fully saturated rings. The number of nitrogens with zero attached hydrogens (tertiary/aromatic N) is 1. The standard InChI is InChI=1S/C20H20N2O6S/c1-27-19(23)13-17(20(24)28-2)21-15-7-9-16(10-8-15)29(25,26)22-12-11-14-5-3-4-6-18(14)22/h3-10,13,21H,11-12H2,1-2H3/b17-13+. The van der Waals surface area contributed by atoms with Gasteiger partial charge in [0.05, 0.1) is 30.9 Å². The fourth-order valence-electron chi connectivity index (χ4n) is 2.98. The molecule has 0 spiro atoms. The minimum Gasteiger partial charge on any atom is -0.466 e. The third kappa shape index (κ3) is 4.24. The van der Waals surface area contributed by atoms with Crippen molar-refractivity contribution in [3.05, 3.63) is 65.9 Å². The van der Waals surface area contributed by atoms with Crippen molar-refractivity contribution in [1.82, 2.24) is 0 Å². The highest BCUT2D eigenvalue weighted by Gasteiger charge is 2.30. The number of rotatable bonds is 6. The molecule has 1 aliphatic rings. The molecule has 2 aromatic carbocycles. The van der Waals surface area contributed by atoms with E-state index in [0.29, 0.717) is 24.3 Å². The second kappa shape index (κ2) is 8.36. The Bertz CT molecular complexity index is 1060.